The quantitative estimate of drug-likeness (QED) is 0.464. The van der Waals surface area contributed by atoms with Crippen molar-refractivity contribution in [2.45, 2.75) is 19.4 Å². The molecule has 0 spiro atoms. The number of piperazine rings is 1. The van der Waals surface area contributed by atoms with E-state index in [1.807, 2.05) is 25.1 Å². The van der Waals surface area contributed by atoms with E-state index >= 15 is 0 Å². The lowest BCUT2D eigenvalue weighted by atomic mass is 9.97. The van der Waals surface area contributed by atoms with Gasteiger partial charge in [-0.05, 0) is 35.7 Å². The molecule has 174 valence electrons. The lowest BCUT2D eigenvalue weighted by Crippen LogP contribution is -2.52. The molecule has 0 aliphatic carbocycles. The first-order valence-corrected chi connectivity index (χ1v) is 11.7. The summed E-state index contributed by atoms with van der Waals surface area (Å²) in [7, 11) is 0. The van der Waals surface area contributed by atoms with Crippen molar-refractivity contribution in [3.63, 3.8) is 0 Å². The predicted octanol–water partition coefficient (Wildman–Crippen LogP) is 3.65. The number of amides is 2. The molecule has 1 aliphatic heterocycles. The summed E-state index contributed by atoms with van der Waals surface area (Å²) in [6.07, 6.45) is 0.553. The molecule has 1 saturated heterocycles. The van der Waals surface area contributed by atoms with Crippen LogP contribution < -0.4 is 16.4 Å². The lowest BCUT2D eigenvalue weighted by molar-refractivity contribution is 0.194. The minimum absolute atomic E-state index is 0.165. The third-order valence-electron chi connectivity index (χ3n) is 6.08. The first-order valence-electron chi connectivity index (χ1n) is 10.9. The Labute approximate surface area is 200 Å². The van der Waals surface area contributed by atoms with Crippen LogP contribution in [0.25, 0.3) is 10.3 Å². The Bertz CT molecular complexity index is 1360. The SMILES string of the molecule is Cc1ccccc1C1CN(C(N)=O)CCN1c1nc(N)nc2sc(Cc3ccc(F)cc3)nc12. The fourth-order valence-corrected chi connectivity index (χ4v) is 5.36. The number of rotatable bonds is 4. The molecule has 1 unspecified atom stereocenters. The largest absolute Gasteiger partial charge is 0.368 e. The normalized spacial score (nSPS) is 16.2. The summed E-state index contributed by atoms with van der Waals surface area (Å²) in [6, 6.07) is 13.8. The van der Waals surface area contributed by atoms with Crippen LogP contribution in [0.15, 0.2) is 48.5 Å². The Kier molecular flexibility index (Phi) is 5.74. The fraction of sp³-hybridized carbons (Fsp3) is 0.250. The first-order chi connectivity index (χ1) is 16.4. The smallest absolute Gasteiger partial charge is 0.314 e. The van der Waals surface area contributed by atoms with Crippen molar-refractivity contribution < 1.29 is 9.18 Å². The molecule has 1 fully saturated rings. The number of carbonyl (C=O) groups is 1. The monoisotopic (exact) mass is 477 g/mol. The van der Waals surface area contributed by atoms with Crippen molar-refractivity contribution in [1.29, 1.82) is 0 Å². The van der Waals surface area contributed by atoms with E-state index in [2.05, 4.69) is 20.9 Å². The van der Waals surface area contributed by atoms with Crippen LogP contribution in [0.5, 0.6) is 0 Å². The van der Waals surface area contributed by atoms with Gasteiger partial charge in [-0.3, -0.25) is 0 Å². The zero-order valence-corrected chi connectivity index (χ0v) is 19.4. The molecule has 2 aromatic heterocycles. The van der Waals surface area contributed by atoms with Crippen molar-refractivity contribution in [2.75, 3.05) is 30.3 Å². The van der Waals surface area contributed by atoms with Crippen LogP contribution in [0, 0.1) is 12.7 Å². The number of hydrogen-bond donors (Lipinski definition) is 2. The van der Waals surface area contributed by atoms with Crippen molar-refractivity contribution in [1.82, 2.24) is 19.9 Å². The number of aryl methyl sites for hydroxylation is 1. The number of primary amides is 1. The molecular weight excluding hydrogens is 453 g/mol. The number of carbonyl (C=O) groups excluding carboxylic acids is 1. The second kappa shape index (κ2) is 8.86. The Balaban J connectivity index is 1.57. The van der Waals surface area contributed by atoms with Crippen molar-refractivity contribution in [3.05, 3.63) is 76.0 Å². The first kappa shape index (κ1) is 22.0. The Morgan fingerprint density at radius 3 is 2.62 bits per heavy atom. The molecule has 8 nitrogen and oxygen atoms in total. The van der Waals surface area contributed by atoms with Crippen LogP contribution in [0.3, 0.4) is 0 Å². The average molecular weight is 478 g/mol. The number of nitrogen functional groups attached to an aromatic ring is 1. The van der Waals surface area contributed by atoms with Crippen LogP contribution >= 0.6 is 11.3 Å². The molecule has 4 aromatic rings. The third kappa shape index (κ3) is 4.24. The maximum atomic E-state index is 13.3. The molecule has 0 bridgehead atoms. The molecule has 10 heteroatoms. The summed E-state index contributed by atoms with van der Waals surface area (Å²) < 4.78 is 13.3. The van der Waals surface area contributed by atoms with Gasteiger partial charge < -0.3 is 21.3 Å². The fourth-order valence-electron chi connectivity index (χ4n) is 4.38. The van der Waals surface area contributed by atoms with Crippen molar-refractivity contribution in [2.24, 2.45) is 5.73 Å². The van der Waals surface area contributed by atoms with E-state index < -0.39 is 6.03 Å². The zero-order chi connectivity index (χ0) is 23.8. The van der Waals surface area contributed by atoms with Gasteiger partial charge in [0.2, 0.25) is 5.95 Å². The maximum Gasteiger partial charge on any atom is 0.314 e. The van der Waals surface area contributed by atoms with Gasteiger partial charge in [0.05, 0.1) is 11.0 Å². The van der Waals surface area contributed by atoms with Gasteiger partial charge in [-0.2, -0.15) is 4.98 Å². The number of hydrogen-bond acceptors (Lipinski definition) is 7. The minimum atomic E-state index is -0.444. The second-order valence-corrected chi connectivity index (χ2v) is 9.38. The molecule has 2 amide bonds. The summed E-state index contributed by atoms with van der Waals surface area (Å²) >= 11 is 1.45. The molecule has 34 heavy (non-hydrogen) atoms. The highest BCUT2D eigenvalue weighted by Gasteiger charge is 2.33. The number of halogens is 1. The molecule has 3 heterocycles. The van der Waals surface area contributed by atoms with Gasteiger partial charge in [0.15, 0.2) is 10.6 Å². The Hall–Kier alpha value is -3.79. The van der Waals surface area contributed by atoms with E-state index in [-0.39, 0.29) is 17.8 Å². The number of nitrogens with two attached hydrogens (primary N) is 2. The zero-order valence-electron chi connectivity index (χ0n) is 18.6. The van der Waals surface area contributed by atoms with Crippen molar-refractivity contribution >= 4 is 39.5 Å². The van der Waals surface area contributed by atoms with Gasteiger partial charge in [-0.25, -0.2) is 19.2 Å². The second-order valence-electron chi connectivity index (χ2n) is 8.32. The van der Waals surface area contributed by atoms with Gasteiger partial charge in [0.1, 0.15) is 11.3 Å². The molecule has 4 N–H and O–H groups in total. The van der Waals surface area contributed by atoms with E-state index in [4.69, 9.17) is 16.5 Å². The Morgan fingerprint density at radius 1 is 1.12 bits per heavy atom. The predicted molar refractivity (Wildman–Crippen MR) is 131 cm³/mol. The van der Waals surface area contributed by atoms with Gasteiger partial charge in [0, 0.05) is 26.1 Å². The van der Waals surface area contributed by atoms with E-state index in [0.717, 1.165) is 21.7 Å². The summed E-state index contributed by atoms with van der Waals surface area (Å²) in [5.41, 5.74) is 15.5. The van der Waals surface area contributed by atoms with E-state index in [1.165, 1.54) is 23.5 Å². The Morgan fingerprint density at radius 2 is 1.88 bits per heavy atom. The molecular formula is C24H24FN7OS. The number of nitrogens with zero attached hydrogens (tertiary/aromatic N) is 5. The highest BCUT2D eigenvalue weighted by Crippen LogP contribution is 2.36. The van der Waals surface area contributed by atoms with Crippen LogP contribution in [0.2, 0.25) is 0 Å². The lowest BCUT2D eigenvalue weighted by Gasteiger charge is -2.42. The number of benzene rings is 2. The van der Waals surface area contributed by atoms with Gasteiger partial charge in [-0.15, -0.1) is 0 Å². The number of anilines is 2. The van der Waals surface area contributed by atoms with Gasteiger partial charge >= 0.3 is 6.03 Å². The molecule has 0 radical (unpaired) electrons. The van der Waals surface area contributed by atoms with Gasteiger partial charge in [0.25, 0.3) is 0 Å². The molecule has 2 aromatic carbocycles. The summed E-state index contributed by atoms with van der Waals surface area (Å²) in [5.74, 6) is 0.535. The highest BCUT2D eigenvalue weighted by molar-refractivity contribution is 7.18. The number of thiazole rings is 1. The number of fused-ring (bicyclic) bond motifs is 1. The maximum absolute atomic E-state index is 13.3. The number of urea groups is 1. The average Bonchev–Trinajstić information content (AvgIpc) is 3.22. The molecule has 5 rings (SSSR count). The topological polar surface area (TPSA) is 114 Å². The molecule has 1 aliphatic rings. The summed E-state index contributed by atoms with van der Waals surface area (Å²) in [6.45, 7) is 3.47. The number of aromatic nitrogens is 3. The van der Waals surface area contributed by atoms with Crippen molar-refractivity contribution in [3.8, 4) is 0 Å². The van der Waals surface area contributed by atoms with E-state index in [9.17, 15) is 9.18 Å². The van der Waals surface area contributed by atoms with Crippen LogP contribution in [0.1, 0.15) is 27.7 Å². The van der Waals surface area contributed by atoms with Gasteiger partial charge in [-0.1, -0.05) is 47.7 Å². The van der Waals surface area contributed by atoms with E-state index in [0.29, 0.717) is 42.2 Å². The summed E-state index contributed by atoms with van der Waals surface area (Å²) in [5, 5.41) is 0.839. The third-order valence-corrected chi connectivity index (χ3v) is 7.03. The summed E-state index contributed by atoms with van der Waals surface area (Å²) in [4.78, 5) is 30.3. The van der Waals surface area contributed by atoms with E-state index in [1.54, 1.807) is 17.0 Å². The van der Waals surface area contributed by atoms with Crippen LogP contribution in [-0.4, -0.2) is 45.5 Å². The highest BCUT2D eigenvalue weighted by atomic mass is 32.1. The minimum Gasteiger partial charge on any atom is -0.368 e. The molecule has 0 saturated carbocycles. The van der Waals surface area contributed by atoms with Crippen LogP contribution in [-0.2, 0) is 6.42 Å². The molecule has 1 atom stereocenters. The standard InChI is InChI=1S/C24H24FN7OS/c1-14-4-2-3-5-17(14)18-13-31(24(27)33)10-11-32(18)21-20-22(30-23(26)29-21)34-19(28-20)12-15-6-8-16(25)9-7-15/h2-9,18H,10-13H2,1H3,(H2,27,33)(H2,26,29,30). The van der Waals surface area contributed by atoms with Crippen LogP contribution in [0.4, 0.5) is 21.0 Å².